The van der Waals surface area contributed by atoms with Crippen molar-refractivity contribution < 1.29 is 34.3 Å². The van der Waals surface area contributed by atoms with Crippen LogP contribution in [-0.4, -0.2) is 48.4 Å². The summed E-state index contributed by atoms with van der Waals surface area (Å²) in [5.41, 5.74) is 2.32. The summed E-state index contributed by atoms with van der Waals surface area (Å²) >= 11 is 0. The minimum absolute atomic E-state index is 0.0919. The maximum absolute atomic E-state index is 10.9. The lowest BCUT2D eigenvalue weighted by Gasteiger charge is -2.37. The van der Waals surface area contributed by atoms with Crippen molar-refractivity contribution >= 4 is 0 Å². The van der Waals surface area contributed by atoms with Gasteiger partial charge in [-0.2, -0.15) is 0 Å². The first-order valence-corrected chi connectivity index (χ1v) is 12.8. The van der Waals surface area contributed by atoms with Gasteiger partial charge in [0.15, 0.2) is 11.5 Å². The number of phenols is 2. The number of methoxy groups -OCH3 is 2. The number of rotatable bonds is 9. The minimum Gasteiger partial charge on any atom is -0.504 e. The molecule has 0 bridgehead atoms. The van der Waals surface area contributed by atoms with E-state index in [9.17, 15) is 15.3 Å². The van der Waals surface area contributed by atoms with Crippen molar-refractivity contribution in [2.24, 2.45) is 0 Å². The molecule has 39 heavy (non-hydrogen) atoms. The fraction of sp³-hybridized carbons (Fsp3) is 0.250. The lowest BCUT2D eigenvalue weighted by Crippen LogP contribution is -2.38. The highest BCUT2D eigenvalue weighted by Crippen LogP contribution is 2.43. The maximum atomic E-state index is 10.9. The molecule has 0 unspecified atom stereocenters. The van der Waals surface area contributed by atoms with Gasteiger partial charge in [0, 0.05) is 6.42 Å². The molecule has 1 saturated heterocycles. The molecule has 3 atom stereocenters. The highest BCUT2D eigenvalue weighted by Gasteiger charge is 2.42. The lowest BCUT2D eigenvalue weighted by molar-refractivity contribution is -0.0828. The van der Waals surface area contributed by atoms with Crippen LogP contribution in [0.25, 0.3) is 0 Å². The van der Waals surface area contributed by atoms with Crippen LogP contribution in [0.2, 0.25) is 0 Å². The Bertz CT molecular complexity index is 1320. The predicted octanol–water partition coefficient (Wildman–Crippen LogP) is 5.31. The summed E-state index contributed by atoms with van der Waals surface area (Å²) < 4.78 is 23.9. The van der Waals surface area contributed by atoms with Gasteiger partial charge < -0.3 is 34.3 Å². The Morgan fingerprint density at radius 2 is 1.31 bits per heavy atom. The van der Waals surface area contributed by atoms with E-state index < -0.39 is 23.9 Å². The third-order valence-electron chi connectivity index (χ3n) is 7.23. The van der Waals surface area contributed by atoms with Crippen LogP contribution in [0.1, 0.15) is 34.8 Å². The topological polar surface area (TPSA) is 97.6 Å². The normalized spacial score (nSPS) is 19.1. The largest absolute Gasteiger partial charge is 0.504 e. The quantitative estimate of drug-likeness (QED) is 0.200. The molecule has 0 radical (unpaired) electrons. The third kappa shape index (κ3) is 5.29. The SMILES string of the molecule is COc1ccc(C(OC[C@H]2O[C@@H](c3ccc(O)c(O)c3)C[C@@H]2O)(c2ccccc2)c2ccc(OC)cc2)cc1. The Labute approximate surface area is 227 Å². The second-order valence-electron chi connectivity index (χ2n) is 9.53. The standard InChI is InChI=1S/C32H32O7/c1-36-25-13-9-23(10-14-25)32(22-6-4-3-5-7-22,24-11-15-26(37-2)16-12-24)38-20-31-29(35)19-30(39-31)21-8-17-27(33)28(34)18-21/h3-18,29-31,33-35H,19-20H2,1-2H3/t29-,30+,31+/m0/s1. The van der Waals surface area contributed by atoms with E-state index in [0.29, 0.717) is 12.0 Å². The fourth-order valence-corrected chi connectivity index (χ4v) is 5.12. The predicted molar refractivity (Wildman–Crippen MR) is 146 cm³/mol. The maximum Gasteiger partial charge on any atom is 0.157 e. The van der Waals surface area contributed by atoms with E-state index >= 15 is 0 Å². The summed E-state index contributed by atoms with van der Waals surface area (Å²) in [7, 11) is 3.25. The number of hydrogen-bond donors (Lipinski definition) is 3. The zero-order valence-electron chi connectivity index (χ0n) is 21.9. The van der Waals surface area contributed by atoms with Gasteiger partial charge in [-0.25, -0.2) is 0 Å². The first-order valence-electron chi connectivity index (χ1n) is 12.8. The highest BCUT2D eigenvalue weighted by atomic mass is 16.6. The van der Waals surface area contributed by atoms with Crippen LogP contribution in [0.5, 0.6) is 23.0 Å². The molecule has 4 aromatic rings. The van der Waals surface area contributed by atoms with E-state index in [1.54, 1.807) is 20.3 Å². The Balaban J connectivity index is 1.52. The second-order valence-corrected chi connectivity index (χ2v) is 9.53. The van der Waals surface area contributed by atoms with Crippen LogP contribution in [0, 0.1) is 0 Å². The number of aromatic hydroxyl groups is 2. The number of phenolic OH excluding ortho intramolecular Hbond substituents is 2. The van der Waals surface area contributed by atoms with Gasteiger partial charge in [-0.3, -0.25) is 0 Å². The summed E-state index contributed by atoms with van der Waals surface area (Å²) in [6.45, 7) is 0.0919. The van der Waals surface area contributed by atoms with Crippen molar-refractivity contribution in [3.63, 3.8) is 0 Å². The molecular formula is C32H32O7. The smallest absolute Gasteiger partial charge is 0.157 e. The first kappa shape index (κ1) is 26.6. The molecule has 4 aromatic carbocycles. The Hall–Kier alpha value is -4.04. The van der Waals surface area contributed by atoms with Crippen molar-refractivity contribution in [2.45, 2.75) is 30.3 Å². The number of hydrogen-bond acceptors (Lipinski definition) is 7. The summed E-state index contributed by atoms with van der Waals surface area (Å²) in [4.78, 5) is 0. The highest BCUT2D eigenvalue weighted by molar-refractivity contribution is 5.50. The summed E-state index contributed by atoms with van der Waals surface area (Å²) in [6.07, 6.45) is -1.52. The van der Waals surface area contributed by atoms with E-state index in [-0.39, 0.29) is 18.1 Å². The second kappa shape index (κ2) is 11.4. The molecule has 0 amide bonds. The van der Waals surface area contributed by atoms with Gasteiger partial charge in [0.05, 0.1) is 33.0 Å². The third-order valence-corrected chi connectivity index (χ3v) is 7.23. The van der Waals surface area contributed by atoms with Crippen molar-refractivity contribution in [2.75, 3.05) is 20.8 Å². The summed E-state index contributed by atoms with van der Waals surface area (Å²) in [5, 5.41) is 30.6. The van der Waals surface area contributed by atoms with Crippen LogP contribution >= 0.6 is 0 Å². The summed E-state index contributed by atoms with van der Waals surface area (Å²) in [5.74, 6) is 1.02. The van der Waals surface area contributed by atoms with Gasteiger partial charge in [0.1, 0.15) is 23.2 Å². The number of aliphatic hydroxyl groups excluding tert-OH is 1. The van der Waals surface area contributed by atoms with E-state index in [2.05, 4.69) is 0 Å². The van der Waals surface area contributed by atoms with E-state index in [0.717, 1.165) is 28.2 Å². The number of ether oxygens (including phenoxy) is 4. The van der Waals surface area contributed by atoms with Gasteiger partial charge in [-0.1, -0.05) is 60.7 Å². The Morgan fingerprint density at radius 1 is 0.744 bits per heavy atom. The minimum atomic E-state index is -1.03. The van der Waals surface area contributed by atoms with Crippen molar-refractivity contribution in [3.05, 3.63) is 119 Å². The van der Waals surface area contributed by atoms with Crippen molar-refractivity contribution in [1.82, 2.24) is 0 Å². The average Bonchev–Trinajstić information content (AvgIpc) is 3.36. The van der Waals surface area contributed by atoms with Crippen molar-refractivity contribution in [1.29, 1.82) is 0 Å². The van der Waals surface area contributed by atoms with Crippen LogP contribution < -0.4 is 9.47 Å². The molecule has 7 heteroatoms. The van der Waals surface area contributed by atoms with Crippen molar-refractivity contribution in [3.8, 4) is 23.0 Å². The van der Waals surface area contributed by atoms with E-state index in [4.69, 9.17) is 18.9 Å². The molecule has 5 rings (SSSR count). The fourth-order valence-electron chi connectivity index (χ4n) is 5.12. The van der Waals surface area contributed by atoms with Gasteiger partial charge in [0.2, 0.25) is 0 Å². The zero-order chi connectivity index (χ0) is 27.4. The molecule has 0 spiro atoms. The van der Waals surface area contributed by atoms with E-state index in [1.165, 1.54) is 12.1 Å². The Morgan fingerprint density at radius 3 is 1.85 bits per heavy atom. The Kier molecular flexibility index (Phi) is 7.74. The van der Waals surface area contributed by atoms with Crippen LogP contribution in [-0.2, 0) is 15.1 Å². The molecule has 0 aliphatic carbocycles. The van der Waals surface area contributed by atoms with Gasteiger partial charge in [-0.15, -0.1) is 0 Å². The molecule has 0 aromatic heterocycles. The number of benzene rings is 4. The molecule has 7 nitrogen and oxygen atoms in total. The van der Waals surface area contributed by atoms with Crippen LogP contribution in [0.4, 0.5) is 0 Å². The monoisotopic (exact) mass is 528 g/mol. The molecule has 3 N–H and O–H groups in total. The molecule has 1 fully saturated rings. The molecule has 1 heterocycles. The number of aliphatic hydroxyl groups is 1. The molecule has 1 aliphatic heterocycles. The zero-order valence-corrected chi connectivity index (χ0v) is 21.9. The van der Waals surface area contributed by atoms with Gasteiger partial charge in [0.25, 0.3) is 0 Å². The first-order chi connectivity index (χ1) is 18.9. The average molecular weight is 529 g/mol. The molecule has 1 aliphatic rings. The lowest BCUT2D eigenvalue weighted by atomic mass is 9.80. The van der Waals surface area contributed by atoms with Crippen LogP contribution in [0.3, 0.4) is 0 Å². The molecule has 202 valence electrons. The summed E-state index contributed by atoms with van der Waals surface area (Å²) in [6, 6.07) is 30.0. The molecular weight excluding hydrogens is 496 g/mol. The van der Waals surface area contributed by atoms with E-state index in [1.807, 2.05) is 78.9 Å². The van der Waals surface area contributed by atoms with Crippen LogP contribution in [0.15, 0.2) is 97.1 Å². The molecule has 0 saturated carbocycles. The van der Waals surface area contributed by atoms with Gasteiger partial charge >= 0.3 is 0 Å². The van der Waals surface area contributed by atoms with Gasteiger partial charge in [-0.05, 0) is 58.7 Å².